The van der Waals surface area contributed by atoms with Crippen LogP contribution >= 0.6 is 12.2 Å². The van der Waals surface area contributed by atoms with Gasteiger partial charge in [-0.2, -0.15) is 0 Å². The van der Waals surface area contributed by atoms with Crippen molar-refractivity contribution in [1.29, 1.82) is 0 Å². The lowest BCUT2D eigenvalue weighted by Crippen LogP contribution is -2.12. The number of ether oxygens (including phenoxy) is 1. The molecule has 2 N–H and O–H groups in total. The molecule has 0 aliphatic heterocycles. The molecule has 2 aromatic heterocycles. The molecule has 0 fully saturated rings. The summed E-state index contributed by atoms with van der Waals surface area (Å²) in [4.78, 5) is 8.73. The van der Waals surface area contributed by atoms with Crippen LogP contribution in [0.5, 0.6) is 11.6 Å². The molecule has 0 aliphatic carbocycles. The highest BCUT2D eigenvalue weighted by Gasteiger charge is 2.11. The minimum atomic E-state index is 0.263. The average molecular weight is 259 g/mol. The van der Waals surface area contributed by atoms with Crippen LogP contribution in [-0.2, 0) is 0 Å². The highest BCUT2D eigenvalue weighted by Crippen LogP contribution is 2.25. The number of rotatable bonds is 3. The Labute approximate surface area is 111 Å². The van der Waals surface area contributed by atoms with Gasteiger partial charge in [0.25, 0.3) is 0 Å². The van der Waals surface area contributed by atoms with E-state index in [0.717, 1.165) is 11.4 Å². The standard InChI is InChI=1S/C13H13N3OS/c1-8-5-6-10(12(14)18)13(16-8)17-11-4-3-7-15-9(11)2/h3-7H,1-2H3,(H2,14,18). The Kier molecular flexibility index (Phi) is 3.53. The first-order chi connectivity index (χ1) is 8.58. The van der Waals surface area contributed by atoms with E-state index in [0.29, 0.717) is 17.2 Å². The maximum atomic E-state index is 5.74. The van der Waals surface area contributed by atoms with Crippen molar-refractivity contribution in [2.24, 2.45) is 5.73 Å². The minimum absolute atomic E-state index is 0.263. The third-order valence-electron chi connectivity index (χ3n) is 2.43. The maximum absolute atomic E-state index is 5.74. The summed E-state index contributed by atoms with van der Waals surface area (Å²) < 4.78 is 5.74. The molecule has 0 saturated carbocycles. The number of nitrogens with two attached hydrogens (primary N) is 1. The van der Waals surface area contributed by atoms with E-state index in [1.54, 1.807) is 12.3 Å². The molecule has 92 valence electrons. The third kappa shape index (κ3) is 2.62. The summed E-state index contributed by atoms with van der Waals surface area (Å²) in [6.07, 6.45) is 1.71. The fourth-order valence-corrected chi connectivity index (χ4v) is 1.64. The molecule has 18 heavy (non-hydrogen) atoms. The fraction of sp³-hybridized carbons (Fsp3) is 0.154. The summed E-state index contributed by atoms with van der Waals surface area (Å²) in [7, 11) is 0. The molecular formula is C13H13N3OS. The zero-order valence-electron chi connectivity index (χ0n) is 10.2. The quantitative estimate of drug-likeness (QED) is 0.858. The van der Waals surface area contributed by atoms with Gasteiger partial charge >= 0.3 is 0 Å². The predicted molar refractivity (Wildman–Crippen MR) is 73.9 cm³/mol. The number of thiocarbonyl (C=S) groups is 1. The van der Waals surface area contributed by atoms with Crippen LogP contribution in [0.25, 0.3) is 0 Å². The molecule has 0 aromatic carbocycles. The van der Waals surface area contributed by atoms with Gasteiger partial charge in [-0.25, -0.2) is 4.98 Å². The lowest BCUT2D eigenvalue weighted by Gasteiger charge is -2.11. The van der Waals surface area contributed by atoms with Crippen LogP contribution in [0.2, 0.25) is 0 Å². The zero-order chi connectivity index (χ0) is 13.1. The van der Waals surface area contributed by atoms with Crippen molar-refractivity contribution in [2.45, 2.75) is 13.8 Å². The molecule has 2 heterocycles. The Hall–Kier alpha value is -2.01. The Morgan fingerprint density at radius 1 is 1.28 bits per heavy atom. The summed E-state index contributed by atoms with van der Waals surface area (Å²) in [5.74, 6) is 1.06. The second-order valence-corrected chi connectivity index (χ2v) is 4.30. The van der Waals surface area contributed by atoms with Gasteiger partial charge in [0.15, 0.2) is 5.75 Å². The first-order valence-electron chi connectivity index (χ1n) is 5.45. The number of nitrogens with zero attached hydrogens (tertiary/aromatic N) is 2. The van der Waals surface area contributed by atoms with Gasteiger partial charge in [0.1, 0.15) is 4.99 Å². The van der Waals surface area contributed by atoms with Gasteiger partial charge in [-0.05, 0) is 38.1 Å². The van der Waals surface area contributed by atoms with Crippen LogP contribution in [0.4, 0.5) is 0 Å². The highest BCUT2D eigenvalue weighted by atomic mass is 32.1. The largest absolute Gasteiger partial charge is 0.436 e. The van der Waals surface area contributed by atoms with Crippen molar-refractivity contribution in [3.8, 4) is 11.6 Å². The molecular weight excluding hydrogens is 246 g/mol. The molecule has 0 radical (unpaired) electrons. The van der Waals surface area contributed by atoms with Gasteiger partial charge in [-0.1, -0.05) is 12.2 Å². The monoisotopic (exact) mass is 259 g/mol. The van der Waals surface area contributed by atoms with E-state index >= 15 is 0 Å². The number of hydrogen-bond donors (Lipinski definition) is 1. The maximum Gasteiger partial charge on any atom is 0.229 e. The normalized spacial score (nSPS) is 10.1. The van der Waals surface area contributed by atoms with E-state index in [9.17, 15) is 0 Å². The van der Waals surface area contributed by atoms with E-state index in [1.807, 2.05) is 32.0 Å². The predicted octanol–water partition coefficient (Wildman–Crippen LogP) is 2.52. The van der Waals surface area contributed by atoms with Gasteiger partial charge in [0.2, 0.25) is 5.88 Å². The summed E-state index contributed by atoms with van der Waals surface area (Å²) in [5.41, 5.74) is 7.90. The molecule has 0 bridgehead atoms. The van der Waals surface area contributed by atoms with E-state index in [4.69, 9.17) is 22.7 Å². The minimum Gasteiger partial charge on any atom is -0.436 e. The zero-order valence-corrected chi connectivity index (χ0v) is 11.0. The van der Waals surface area contributed by atoms with Crippen LogP contribution in [0.1, 0.15) is 17.0 Å². The average Bonchev–Trinajstić information content (AvgIpc) is 2.32. The van der Waals surface area contributed by atoms with Gasteiger partial charge in [0, 0.05) is 11.9 Å². The number of aryl methyl sites for hydroxylation is 2. The number of hydrogen-bond acceptors (Lipinski definition) is 4. The van der Waals surface area contributed by atoms with Crippen molar-refractivity contribution in [2.75, 3.05) is 0 Å². The SMILES string of the molecule is Cc1ccc(C(N)=S)c(Oc2cccnc2C)n1. The molecule has 5 heteroatoms. The van der Waals surface area contributed by atoms with E-state index in [1.165, 1.54) is 0 Å². The summed E-state index contributed by atoms with van der Waals surface area (Å²) in [5, 5.41) is 0. The molecule has 4 nitrogen and oxygen atoms in total. The van der Waals surface area contributed by atoms with Crippen molar-refractivity contribution >= 4 is 17.2 Å². The van der Waals surface area contributed by atoms with Gasteiger partial charge in [-0.3, -0.25) is 4.98 Å². The summed E-state index contributed by atoms with van der Waals surface area (Å²) in [6.45, 7) is 3.75. The third-order valence-corrected chi connectivity index (χ3v) is 2.65. The van der Waals surface area contributed by atoms with E-state index < -0.39 is 0 Å². The molecule has 0 aliphatic rings. The molecule has 2 aromatic rings. The second-order valence-electron chi connectivity index (χ2n) is 3.86. The van der Waals surface area contributed by atoms with Crippen molar-refractivity contribution in [1.82, 2.24) is 9.97 Å². The van der Waals surface area contributed by atoms with Crippen LogP contribution in [0.3, 0.4) is 0 Å². The lowest BCUT2D eigenvalue weighted by atomic mass is 10.2. The molecule has 2 rings (SSSR count). The van der Waals surface area contributed by atoms with Crippen LogP contribution in [-0.4, -0.2) is 15.0 Å². The van der Waals surface area contributed by atoms with Gasteiger partial charge < -0.3 is 10.5 Å². The molecule has 0 atom stereocenters. The smallest absolute Gasteiger partial charge is 0.229 e. The summed E-state index contributed by atoms with van der Waals surface area (Å²) >= 11 is 4.98. The van der Waals surface area contributed by atoms with Crippen molar-refractivity contribution < 1.29 is 4.74 Å². The van der Waals surface area contributed by atoms with Crippen molar-refractivity contribution in [3.63, 3.8) is 0 Å². The lowest BCUT2D eigenvalue weighted by molar-refractivity contribution is 0.454. The van der Waals surface area contributed by atoms with E-state index in [2.05, 4.69) is 9.97 Å². The van der Waals surface area contributed by atoms with Crippen LogP contribution in [0, 0.1) is 13.8 Å². The fourth-order valence-electron chi connectivity index (χ4n) is 1.48. The first kappa shape index (κ1) is 12.4. The highest BCUT2D eigenvalue weighted by molar-refractivity contribution is 7.80. The second kappa shape index (κ2) is 5.10. The number of aromatic nitrogens is 2. The van der Waals surface area contributed by atoms with Crippen molar-refractivity contribution in [3.05, 3.63) is 47.4 Å². The first-order valence-corrected chi connectivity index (χ1v) is 5.85. The Morgan fingerprint density at radius 2 is 2.06 bits per heavy atom. The summed E-state index contributed by atoms with van der Waals surface area (Å²) in [6, 6.07) is 7.29. The topological polar surface area (TPSA) is 61.0 Å². The Balaban J connectivity index is 2.42. The van der Waals surface area contributed by atoms with Gasteiger partial charge in [0.05, 0.1) is 11.3 Å². The molecule has 0 unspecified atom stereocenters. The Morgan fingerprint density at radius 3 is 2.72 bits per heavy atom. The van der Waals surface area contributed by atoms with Crippen LogP contribution in [0.15, 0.2) is 30.5 Å². The van der Waals surface area contributed by atoms with Gasteiger partial charge in [-0.15, -0.1) is 0 Å². The molecule has 0 amide bonds. The molecule has 0 saturated heterocycles. The van der Waals surface area contributed by atoms with Crippen LogP contribution < -0.4 is 10.5 Å². The molecule has 0 spiro atoms. The number of pyridine rings is 2. The van der Waals surface area contributed by atoms with E-state index in [-0.39, 0.29) is 4.99 Å². The Bertz CT molecular complexity index is 599.